The highest BCUT2D eigenvalue weighted by molar-refractivity contribution is 5.94. The second kappa shape index (κ2) is 15.2. The quantitative estimate of drug-likeness (QED) is 0.0728. The average Bonchev–Trinajstić information content (AvgIpc) is 3.65. The number of amides is 3. The SMILES string of the molecule is NC(N)=NCCCC(NC(=O)C(Cc1ccccc1)NC(=O)C1CCCN1)C(=O)NC(Cc1cnc[nH]1)C(=O)O. The van der Waals surface area contributed by atoms with Crippen LogP contribution in [0.15, 0.2) is 47.8 Å². The smallest absolute Gasteiger partial charge is 0.326 e. The molecule has 3 amide bonds. The highest BCUT2D eigenvalue weighted by Gasteiger charge is 2.31. The number of aromatic amines is 1. The molecule has 216 valence electrons. The third-order valence-corrected chi connectivity index (χ3v) is 6.46. The van der Waals surface area contributed by atoms with Gasteiger partial charge in [-0.1, -0.05) is 30.3 Å². The summed E-state index contributed by atoms with van der Waals surface area (Å²) in [6.45, 7) is 0.922. The maximum atomic E-state index is 13.5. The van der Waals surface area contributed by atoms with Crippen molar-refractivity contribution in [3.63, 3.8) is 0 Å². The number of hydrogen-bond acceptors (Lipinski definition) is 7. The monoisotopic (exact) mass is 555 g/mol. The normalized spacial score (nSPS) is 16.8. The van der Waals surface area contributed by atoms with Crippen LogP contribution in [-0.4, -0.2) is 82.0 Å². The van der Waals surface area contributed by atoms with Crippen molar-refractivity contribution >= 4 is 29.7 Å². The molecule has 1 aliphatic heterocycles. The number of imidazole rings is 1. The van der Waals surface area contributed by atoms with Crippen molar-refractivity contribution < 1.29 is 24.3 Å². The summed E-state index contributed by atoms with van der Waals surface area (Å²) in [6.07, 6.45) is 5.01. The first-order valence-corrected chi connectivity index (χ1v) is 13.2. The van der Waals surface area contributed by atoms with Crippen molar-refractivity contribution in [2.24, 2.45) is 16.5 Å². The number of hydrogen-bond donors (Lipinski definition) is 8. The van der Waals surface area contributed by atoms with Gasteiger partial charge in [0.05, 0.1) is 12.4 Å². The van der Waals surface area contributed by atoms with E-state index < -0.39 is 42.0 Å². The molecule has 0 bridgehead atoms. The highest BCUT2D eigenvalue weighted by atomic mass is 16.4. The number of rotatable bonds is 15. The van der Waals surface area contributed by atoms with Gasteiger partial charge in [-0.05, 0) is 37.8 Å². The zero-order valence-corrected chi connectivity index (χ0v) is 22.1. The summed E-state index contributed by atoms with van der Waals surface area (Å²) >= 11 is 0. The average molecular weight is 556 g/mol. The molecule has 1 saturated heterocycles. The lowest BCUT2D eigenvalue weighted by molar-refractivity contribution is -0.142. The van der Waals surface area contributed by atoms with Crippen LogP contribution in [-0.2, 0) is 32.0 Å². The summed E-state index contributed by atoms with van der Waals surface area (Å²) in [5.74, 6) is -2.91. The molecule has 0 saturated carbocycles. The third-order valence-electron chi connectivity index (χ3n) is 6.46. The molecule has 2 aromatic rings. The van der Waals surface area contributed by atoms with Gasteiger partial charge >= 0.3 is 5.97 Å². The lowest BCUT2D eigenvalue weighted by Crippen LogP contribution is -2.57. The van der Waals surface area contributed by atoms with Crippen molar-refractivity contribution in [2.75, 3.05) is 13.1 Å². The maximum absolute atomic E-state index is 13.5. The molecule has 1 aliphatic rings. The number of guanidine groups is 1. The fourth-order valence-electron chi connectivity index (χ4n) is 4.37. The standard InChI is InChI=1S/C26H37N9O5/c27-26(28)31-11-5-9-19(23(37)35-21(25(39)40)13-17-14-29-15-32-17)33-24(38)20(12-16-6-2-1-3-7-16)34-22(36)18-8-4-10-30-18/h1-3,6-7,14-15,18-21,30H,4-5,8-13H2,(H,29,32)(H,33,38)(H,34,36)(H,35,37)(H,39,40)(H4,27,28,31). The van der Waals surface area contributed by atoms with Crippen LogP contribution in [0.4, 0.5) is 0 Å². The van der Waals surface area contributed by atoms with E-state index in [0.29, 0.717) is 18.5 Å². The van der Waals surface area contributed by atoms with Crippen LogP contribution >= 0.6 is 0 Å². The van der Waals surface area contributed by atoms with Gasteiger partial charge in [0.25, 0.3) is 0 Å². The molecule has 1 aromatic carbocycles. The van der Waals surface area contributed by atoms with Crippen molar-refractivity contribution in [3.8, 4) is 0 Å². The Morgan fingerprint density at radius 1 is 1.02 bits per heavy atom. The van der Waals surface area contributed by atoms with Gasteiger partial charge < -0.3 is 42.8 Å². The number of carboxylic acids is 1. The number of aromatic nitrogens is 2. The van der Waals surface area contributed by atoms with Crippen LogP contribution in [0.25, 0.3) is 0 Å². The minimum Gasteiger partial charge on any atom is -0.480 e. The molecule has 0 aliphatic carbocycles. The Balaban J connectivity index is 1.75. The molecule has 2 heterocycles. The molecule has 4 atom stereocenters. The van der Waals surface area contributed by atoms with E-state index in [0.717, 1.165) is 18.5 Å². The van der Waals surface area contributed by atoms with Crippen molar-refractivity contribution in [1.29, 1.82) is 0 Å². The fraction of sp³-hybridized carbons (Fsp3) is 0.462. The van der Waals surface area contributed by atoms with E-state index >= 15 is 0 Å². The number of carboxylic acid groups (broad SMARTS) is 1. The maximum Gasteiger partial charge on any atom is 0.326 e. The summed E-state index contributed by atoms with van der Waals surface area (Å²) < 4.78 is 0. The van der Waals surface area contributed by atoms with Gasteiger partial charge in [0.1, 0.15) is 18.1 Å². The number of carbonyl (C=O) groups is 4. The van der Waals surface area contributed by atoms with E-state index in [9.17, 15) is 24.3 Å². The molecule has 10 N–H and O–H groups in total. The summed E-state index contributed by atoms with van der Waals surface area (Å²) in [5.41, 5.74) is 12.1. The number of aliphatic carboxylic acids is 1. The Labute approximate surface area is 231 Å². The largest absolute Gasteiger partial charge is 0.480 e. The van der Waals surface area contributed by atoms with Gasteiger partial charge in [-0.25, -0.2) is 9.78 Å². The third kappa shape index (κ3) is 9.69. The van der Waals surface area contributed by atoms with Gasteiger partial charge in [0.15, 0.2) is 5.96 Å². The van der Waals surface area contributed by atoms with Gasteiger partial charge in [-0.3, -0.25) is 19.4 Å². The molecule has 14 heteroatoms. The topological polar surface area (TPSA) is 230 Å². The number of H-pyrrole nitrogens is 1. The lowest BCUT2D eigenvalue weighted by Gasteiger charge is -2.25. The van der Waals surface area contributed by atoms with Gasteiger partial charge in [0, 0.05) is 31.3 Å². The van der Waals surface area contributed by atoms with E-state index in [-0.39, 0.29) is 37.7 Å². The van der Waals surface area contributed by atoms with Crippen LogP contribution in [0.3, 0.4) is 0 Å². The van der Waals surface area contributed by atoms with E-state index in [1.807, 2.05) is 30.3 Å². The zero-order chi connectivity index (χ0) is 28.9. The Hall–Kier alpha value is -4.46. The molecule has 3 rings (SSSR count). The van der Waals surface area contributed by atoms with Crippen LogP contribution in [0, 0.1) is 0 Å². The molecule has 1 aromatic heterocycles. The lowest BCUT2D eigenvalue weighted by atomic mass is 10.0. The molecule has 14 nitrogen and oxygen atoms in total. The Kier molecular flexibility index (Phi) is 11.4. The van der Waals surface area contributed by atoms with E-state index in [1.165, 1.54) is 12.5 Å². The van der Waals surface area contributed by atoms with Crippen LogP contribution in [0.5, 0.6) is 0 Å². The Bertz CT molecular complexity index is 1150. The van der Waals surface area contributed by atoms with Crippen LogP contribution < -0.4 is 32.7 Å². The predicted octanol–water partition coefficient (Wildman–Crippen LogP) is -1.46. The number of aliphatic imine (C=N–C) groups is 1. The number of nitrogens with zero attached hydrogens (tertiary/aromatic N) is 2. The molecular formula is C26H37N9O5. The first kappa shape index (κ1) is 30.1. The first-order valence-electron chi connectivity index (χ1n) is 13.2. The second-order valence-electron chi connectivity index (χ2n) is 9.59. The highest BCUT2D eigenvalue weighted by Crippen LogP contribution is 2.09. The summed E-state index contributed by atoms with van der Waals surface area (Å²) in [6, 6.07) is 5.45. The molecule has 0 spiro atoms. The Morgan fingerprint density at radius 3 is 2.38 bits per heavy atom. The number of benzene rings is 1. The van der Waals surface area contributed by atoms with Crippen molar-refractivity contribution in [2.45, 2.75) is 62.7 Å². The zero-order valence-electron chi connectivity index (χ0n) is 22.1. The summed E-state index contributed by atoms with van der Waals surface area (Å²) in [5, 5.41) is 20.8. The first-order chi connectivity index (χ1) is 19.2. The van der Waals surface area contributed by atoms with E-state index in [2.05, 4.69) is 36.2 Å². The minimum atomic E-state index is -1.27. The van der Waals surface area contributed by atoms with Gasteiger partial charge in [-0.2, -0.15) is 0 Å². The summed E-state index contributed by atoms with van der Waals surface area (Å²) in [4.78, 5) is 62.1. The second-order valence-corrected chi connectivity index (χ2v) is 9.59. The van der Waals surface area contributed by atoms with Crippen LogP contribution in [0.2, 0.25) is 0 Å². The number of carbonyl (C=O) groups excluding carboxylic acids is 3. The predicted molar refractivity (Wildman–Crippen MR) is 147 cm³/mol. The molecular weight excluding hydrogens is 518 g/mol. The van der Waals surface area contributed by atoms with E-state index in [1.54, 1.807) is 0 Å². The molecule has 4 unspecified atom stereocenters. The van der Waals surface area contributed by atoms with E-state index in [4.69, 9.17) is 11.5 Å². The molecule has 0 radical (unpaired) electrons. The fourth-order valence-corrected chi connectivity index (χ4v) is 4.37. The van der Waals surface area contributed by atoms with Crippen molar-refractivity contribution in [1.82, 2.24) is 31.2 Å². The molecule has 1 fully saturated rings. The number of nitrogens with one attached hydrogen (secondary N) is 5. The van der Waals surface area contributed by atoms with Crippen LogP contribution in [0.1, 0.15) is 36.9 Å². The molecule has 40 heavy (non-hydrogen) atoms. The Morgan fingerprint density at radius 2 is 1.75 bits per heavy atom. The van der Waals surface area contributed by atoms with Gasteiger partial charge in [-0.15, -0.1) is 0 Å². The minimum absolute atomic E-state index is 0.0309. The van der Waals surface area contributed by atoms with Crippen molar-refractivity contribution in [3.05, 3.63) is 54.1 Å². The van der Waals surface area contributed by atoms with Gasteiger partial charge in [0.2, 0.25) is 17.7 Å². The number of nitrogens with two attached hydrogens (primary N) is 2. The summed E-state index contributed by atoms with van der Waals surface area (Å²) in [7, 11) is 0.